The number of carbonyl (C=O) groups is 2. The number of ketones is 1. The Morgan fingerprint density at radius 1 is 1.31 bits per heavy atom. The van der Waals surface area contributed by atoms with Crippen molar-refractivity contribution in [3.8, 4) is 0 Å². The van der Waals surface area contributed by atoms with Crippen molar-refractivity contribution in [3.63, 3.8) is 0 Å². The van der Waals surface area contributed by atoms with Gasteiger partial charge in [0, 0.05) is 19.2 Å². The molecule has 0 atom stereocenters. The van der Waals surface area contributed by atoms with Gasteiger partial charge in [-0.1, -0.05) is 11.6 Å². The van der Waals surface area contributed by atoms with Crippen molar-refractivity contribution in [2.45, 2.75) is 57.9 Å². The molecule has 144 valence electrons. The van der Waals surface area contributed by atoms with Crippen LogP contribution in [0.3, 0.4) is 0 Å². The highest BCUT2D eigenvalue weighted by Crippen LogP contribution is 2.25. The van der Waals surface area contributed by atoms with E-state index in [1.807, 2.05) is 0 Å². The first kappa shape index (κ1) is 20.5. The lowest BCUT2D eigenvalue weighted by atomic mass is 10.00. The number of halogens is 4. The van der Waals surface area contributed by atoms with Crippen molar-refractivity contribution >= 4 is 23.5 Å². The number of hydrogen-bond donors (Lipinski definition) is 0. The third-order valence-corrected chi connectivity index (χ3v) is 4.39. The zero-order valence-electron chi connectivity index (χ0n) is 14.5. The molecule has 0 radical (unpaired) electrons. The highest BCUT2D eigenvalue weighted by atomic mass is 35.5. The SMILES string of the molecule is CC(C)(CCCC(=O)C(F)(F)F)OC(=O)N1CCc2cc(Cl)ncc2C1. The average Bonchev–Trinajstić information content (AvgIpc) is 2.52. The number of carbonyl (C=O) groups excluding carboxylic acids is 2. The summed E-state index contributed by atoms with van der Waals surface area (Å²) in [6.45, 7) is 4.01. The smallest absolute Gasteiger partial charge is 0.443 e. The highest BCUT2D eigenvalue weighted by molar-refractivity contribution is 6.29. The van der Waals surface area contributed by atoms with E-state index >= 15 is 0 Å². The molecule has 1 aliphatic heterocycles. The van der Waals surface area contributed by atoms with Gasteiger partial charge in [-0.25, -0.2) is 9.78 Å². The number of pyridine rings is 1. The molecule has 1 amide bonds. The van der Waals surface area contributed by atoms with Crippen molar-refractivity contribution in [1.29, 1.82) is 0 Å². The lowest BCUT2D eigenvalue weighted by Gasteiger charge is -2.32. The third kappa shape index (κ3) is 5.59. The molecular formula is C17H20ClF3N2O3. The fourth-order valence-electron chi connectivity index (χ4n) is 2.74. The number of rotatable bonds is 5. The predicted octanol–water partition coefficient (Wildman–Crippen LogP) is 4.31. The Kier molecular flexibility index (Phi) is 6.16. The maximum atomic E-state index is 12.4. The number of alkyl halides is 3. The van der Waals surface area contributed by atoms with Gasteiger partial charge in [-0.05, 0) is 50.3 Å². The second kappa shape index (κ2) is 7.82. The zero-order chi connectivity index (χ0) is 19.5. The van der Waals surface area contributed by atoms with Crippen LogP contribution in [-0.2, 0) is 22.5 Å². The van der Waals surface area contributed by atoms with Gasteiger partial charge in [-0.15, -0.1) is 0 Å². The van der Waals surface area contributed by atoms with E-state index in [2.05, 4.69) is 4.98 Å². The molecular weight excluding hydrogens is 373 g/mol. The van der Waals surface area contributed by atoms with Crippen LogP contribution in [0.4, 0.5) is 18.0 Å². The van der Waals surface area contributed by atoms with E-state index in [1.54, 1.807) is 26.1 Å². The fourth-order valence-corrected chi connectivity index (χ4v) is 2.92. The molecule has 2 rings (SSSR count). The third-order valence-electron chi connectivity index (χ3n) is 4.18. The fraction of sp³-hybridized carbons (Fsp3) is 0.588. The molecule has 5 nitrogen and oxygen atoms in total. The van der Waals surface area contributed by atoms with Crippen LogP contribution in [-0.4, -0.2) is 40.1 Å². The largest absolute Gasteiger partial charge is 0.449 e. The molecule has 0 aromatic carbocycles. The number of hydrogen-bond acceptors (Lipinski definition) is 4. The number of nitrogens with zero attached hydrogens (tertiary/aromatic N) is 2. The van der Waals surface area contributed by atoms with Gasteiger partial charge < -0.3 is 9.64 Å². The zero-order valence-corrected chi connectivity index (χ0v) is 15.3. The molecule has 0 N–H and O–H groups in total. The second-order valence-electron chi connectivity index (χ2n) is 6.85. The molecule has 0 spiro atoms. The molecule has 0 fully saturated rings. The van der Waals surface area contributed by atoms with Gasteiger partial charge in [-0.2, -0.15) is 13.2 Å². The van der Waals surface area contributed by atoms with Crippen LogP contribution in [0.25, 0.3) is 0 Å². The summed E-state index contributed by atoms with van der Waals surface area (Å²) in [4.78, 5) is 28.8. The Morgan fingerprint density at radius 3 is 2.65 bits per heavy atom. The molecule has 0 saturated heterocycles. The Bertz CT molecular complexity index is 692. The van der Waals surface area contributed by atoms with Crippen LogP contribution in [0.1, 0.15) is 44.2 Å². The molecule has 0 unspecified atom stereocenters. The van der Waals surface area contributed by atoms with E-state index in [4.69, 9.17) is 16.3 Å². The number of aromatic nitrogens is 1. The van der Waals surface area contributed by atoms with Gasteiger partial charge in [0.05, 0.1) is 6.54 Å². The molecule has 1 aliphatic rings. The van der Waals surface area contributed by atoms with E-state index in [-0.39, 0.29) is 12.8 Å². The Morgan fingerprint density at radius 2 is 2.00 bits per heavy atom. The van der Waals surface area contributed by atoms with Crippen molar-refractivity contribution in [3.05, 3.63) is 28.5 Å². The average molecular weight is 393 g/mol. The van der Waals surface area contributed by atoms with E-state index in [1.165, 1.54) is 4.90 Å². The Hall–Kier alpha value is -1.83. The molecule has 9 heteroatoms. The number of amides is 1. The minimum absolute atomic E-state index is 0.0100. The van der Waals surface area contributed by atoms with Gasteiger partial charge in [0.1, 0.15) is 10.8 Å². The first-order chi connectivity index (χ1) is 12.0. The van der Waals surface area contributed by atoms with Crippen LogP contribution >= 0.6 is 11.6 Å². The molecule has 1 aromatic heterocycles. The number of ether oxygens (including phenoxy) is 1. The normalized spacial score (nSPS) is 14.8. The summed E-state index contributed by atoms with van der Waals surface area (Å²) in [5, 5.41) is 0.398. The monoisotopic (exact) mass is 392 g/mol. The number of fused-ring (bicyclic) bond motifs is 1. The van der Waals surface area contributed by atoms with Crippen molar-refractivity contribution in [2.75, 3.05) is 6.54 Å². The lowest BCUT2D eigenvalue weighted by Crippen LogP contribution is -2.41. The van der Waals surface area contributed by atoms with E-state index in [0.717, 1.165) is 11.1 Å². The van der Waals surface area contributed by atoms with Gasteiger partial charge in [0.25, 0.3) is 0 Å². The predicted molar refractivity (Wildman–Crippen MR) is 88.8 cm³/mol. The quantitative estimate of drug-likeness (QED) is 0.700. The van der Waals surface area contributed by atoms with Crippen molar-refractivity contribution < 1.29 is 27.5 Å². The van der Waals surface area contributed by atoms with E-state index in [9.17, 15) is 22.8 Å². The Labute approximate surface area is 154 Å². The maximum absolute atomic E-state index is 12.4. The second-order valence-corrected chi connectivity index (χ2v) is 7.24. The molecule has 0 bridgehead atoms. The Balaban J connectivity index is 1.86. The summed E-state index contributed by atoms with van der Waals surface area (Å²) in [7, 11) is 0. The molecule has 0 aliphatic carbocycles. The van der Waals surface area contributed by atoms with Crippen molar-refractivity contribution in [1.82, 2.24) is 9.88 Å². The van der Waals surface area contributed by atoms with E-state index < -0.39 is 30.1 Å². The molecule has 2 heterocycles. The van der Waals surface area contributed by atoms with Gasteiger partial charge >= 0.3 is 12.3 Å². The van der Waals surface area contributed by atoms with Crippen LogP contribution in [0.5, 0.6) is 0 Å². The van der Waals surface area contributed by atoms with Crippen molar-refractivity contribution in [2.24, 2.45) is 0 Å². The first-order valence-corrected chi connectivity index (χ1v) is 8.57. The summed E-state index contributed by atoms with van der Waals surface area (Å²) < 4.78 is 42.1. The molecule has 0 saturated carbocycles. The summed E-state index contributed by atoms with van der Waals surface area (Å²) in [6.07, 6.45) is -3.60. The van der Waals surface area contributed by atoms with Crippen LogP contribution in [0.15, 0.2) is 12.3 Å². The van der Waals surface area contributed by atoms with Crippen LogP contribution < -0.4 is 0 Å². The minimum Gasteiger partial charge on any atom is -0.443 e. The first-order valence-electron chi connectivity index (χ1n) is 8.19. The molecule has 26 heavy (non-hydrogen) atoms. The van der Waals surface area contributed by atoms with Gasteiger partial charge in [0.15, 0.2) is 0 Å². The number of Topliss-reactive ketones (excluding diaryl/α,β-unsaturated/α-hetero) is 1. The van der Waals surface area contributed by atoms with Gasteiger partial charge in [0.2, 0.25) is 5.78 Å². The summed E-state index contributed by atoms with van der Waals surface area (Å²) >= 11 is 5.85. The molecule has 1 aromatic rings. The minimum atomic E-state index is -4.82. The summed E-state index contributed by atoms with van der Waals surface area (Å²) in [5.74, 6) is -1.77. The topological polar surface area (TPSA) is 59.5 Å². The highest BCUT2D eigenvalue weighted by Gasteiger charge is 2.38. The van der Waals surface area contributed by atoms with E-state index in [0.29, 0.717) is 24.7 Å². The lowest BCUT2D eigenvalue weighted by molar-refractivity contribution is -0.171. The van der Waals surface area contributed by atoms with Crippen LogP contribution in [0.2, 0.25) is 5.15 Å². The van der Waals surface area contributed by atoms with Crippen LogP contribution in [0, 0.1) is 0 Å². The standard InChI is InChI=1S/C17H20ClF3N2O3/c1-16(2,6-3-4-13(24)17(19,20)21)26-15(25)23-7-5-11-8-14(18)22-9-12(11)10-23/h8-9H,3-7,10H2,1-2H3. The van der Waals surface area contributed by atoms with Gasteiger partial charge in [-0.3, -0.25) is 4.79 Å². The summed E-state index contributed by atoms with van der Waals surface area (Å²) in [6, 6.07) is 1.77. The maximum Gasteiger partial charge on any atom is 0.449 e. The summed E-state index contributed by atoms with van der Waals surface area (Å²) in [5.41, 5.74) is 0.937.